The van der Waals surface area contributed by atoms with E-state index >= 15 is 13.2 Å². The fraction of sp³-hybridized carbons (Fsp3) is 0.0385. The molecule has 0 saturated carbocycles. The lowest BCUT2D eigenvalue weighted by Crippen LogP contribution is -2.12. The number of fused-ring (bicyclic) bond motifs is 10. The zero-order valence-electron chi connectivity index (χ0n) is 63.3. The first-order chi connectivity index (χ1) is 58.2. The number of hydrogen-bond acceptors (Lipinski definition) is 2. The van der Waals surface area contributed by atoms with Crippen molar-refractivity contribution in [3.63, 3.8) is 0 Å². The summed E-state index contributed by atoms with van der Waals surface area (Å²) >= 11 is 0. The molecule has 0 aliphatic rings. The largest absolute Gasteiger partial charge is 0.417 e. The Hall–Kier alpha value is -14.6. The van der Waals surface area contributed by atoms with Crippen LogP contribution >= 0.6 is 0 Å². The molecule has 4 nitrogen and oxygen atoms in total. The molecule has 20 rings (SSSR count). The summed E-state index contributed by atoms with van der Waals surface area (Å²) in [6.07, 6.45) is -18.8. The maximum atomic E-state index is 15.1. The summed E-state index contributed by atoms with van der Waals surface area (Å²) in [5, 5.41) is 7.57. The highest BCUT2D eigenvalue weighted by Gasteiger charge is 2.40. The third kappa shape index (κ3) is 13.2. The number of aromatic nitrogens is 2. The van der Waals surface area contributed by atoms with Crippen molar-refractivity contribution in [2.45, 2.75) is 24.7 Å². The molecule has 0 spiro atoms. The van der Waals surface area contributed by atoms with Crippen LogP contribution in [0.25, 0.3) is 143 Å². The molecule has 0 aliphatic carbocycles. The van der Waals surface area contributed by atoms with Crippen LogP contribution in [-0.2, 0) is 24.7 Å². The van der Waals surface area contributed by atoms with Gasteiger partial charge in [0, 0.05) is 72.3 Å². The minimum Gasteiger partial charge on any atom is -0.310 e. The Kier molecular flexibility index (Phi) is 18.7. The summed E-state index contributed by atoms with van der Waals surface area (Å²) in [6.45, 7) is 0. The maximum Gasteiger partial charge on any atom is 0.417 e. The third-order valence-electron chi connectivity index (χ3n) is 22.5. The average Bonchev–Trinajstić information content (AvgIpc) is 0.964. The van der Waals surface area contributed by atoms with Gasteiger partial charge in [-0.3, -0.25) is 0 Å². The van der Waals surface area contributed by atoms with Crippen LogP contribution in [0.1, 0.15) is 22.3 Å². The number of anilines is 6. The van der Waals surface area contributed by atoms with Gasteiger partial charge in [-0.2, -0.15) is 52.7 Å². The number of nitrogens with zero attached hydrogens (tertiary/aromatic N) is 4. The van der Waals surface area contributed by atoms with Gasteiger partial charge in [0.2, 0.25) is 0 Å². The van der Waals surface area contributed by atoms with Gasteiger partial charge in [-0.05, 0) is 216 Å². The predicted octanol–water partition coefficient (Wildman–Crippen LogP) is 31.9. The van der Waals surface area contributed by atoms with Gasteiger partial charge in [-0.25, -0.2) is 0 Å². The highest BCUT2D eigenvalue weighted by atomic mass is 19.4. The van der Waals surface area contributed by atoms with E-state index in [1.807, 2.05) is 180 Å². The average molecular weight is 1600 g/mol. The smallest absolute Gasteiger partial charge is 0.310 e. The topological polar surface area (TPSA) is 16.3 Å². The summed E-state index contributed by atoms with van der Waals surface area (Å²) in [4.78, 5) is 3.97. The van der Waals surface area contributed by atoms with Crippen LogP contribution in [0.15, 0.2) is 388 Å². The SMILES string of the molecule is FC(F)(F)c1ccccc1-c1c2ccccc2c(-c2ccccc2C(F)(F)F)c2c(N(c3ccccc3)c3ccc(-n4c5ccccc5c5ccccc54)cc3)cccc12.FC(F)(F)c1ccccc1-c1c2ccccc2c(-c2ccccc2C(F)(F)F)c2cc(N(c3ccccc3)c3ccc(-n4c5ccccc5c5ccccc54)cc3)ccc12. The zero-order valence-corrected chi connectivity index (χ0v) is 63.3. The summed E-state index contributed by atoms with van der Waals surface area (Å²) in [7, 11) is 0. The van der Waals surface area contributed by atoms with Crippen molar-refractivity contribution in [2.75, 3.05) is 9.80 Å². The van der Waals surface area contributed by atoms with E-state index in [0.29, 0.717) is 65.8 Å². The second-order valence-corrected chi connectivity index (χ2v) is 29.3. The minimum atomic E-state index is -4.73. The van der Waals surface area contributed by atoms with E-state index in [-0.39, 0.29) is 44.5 Å². The monoisotopic (exact) mass is 1600 g/mol. The highest BCUT2D eigenvalue weighted by molar-refractivity contribution is 6.26. The van der Waals surface area contributed by atoms with Crippen molar-refractivity contribution >= 4 is 121 Å². The lowest BCUT2D eigenvalue weighted by Gasteiger charge is -2.30. The summed E-state index contributed by atoms with van der Waals surface area (Å²) < 4.78 is 183. The number of halogens is 12. The Morgan fingerprint density at radius 3 is 0.817 bits per heavy atom. The molecule has 2 heterocycles. The molecule has 0 aliphatic heterocycles. The van der Waals surface area contributed by atoms with E-state index in [9.17, 15) is 39.5 Å². The number of rotatable bonds is 12. The van der Waals surface area contributed by atoms with Crippen LogP contribution in [-0.4, -0.2) is 9.13 Å². The van der Waals surface area contributed by atoms with Crippen molar-refractivity contribution in [3.05, 3.63) is 411 Å². The van der Waals surface area contributed by atoms with Crippen molar-refractivity contribution in [3.8, 4) is 55.9 Å². The van der Waals surface area contributed by atoms with E-state index in [4.69, 9.17) is 0 Å². The van der Waals surface area contributed by atoms with E-state index in [1.165, 1.54) is 48.5 Å². The normalized spacial score (nSPS) is 12.2. The first kappa shape index (κ1) is 75.4. The molecule has 0 amide bonds. The van der Waals surface area contributed by atoms with Crippen LogP contribution in [0.2, 0.25) is 0 Å². The molecule has 120 heavy (non-hydrogen) atoms. The molecule has 18 aromatic carbocycles. The van der Waals surface area contributed by atoms with Gasteiger partial charge in [-0.1, -0.05) is 249 Å². The number of para-hydroxylation sites is 6. The van der Waals surface area contributed by atoms with Crippen molar-refractivity contribution < 1.29 is 52.7 Å². The van der Waals surface area contributed by atoms with Crippen LogP contribution in [0.4, 0.5) is 86.8 Å². The summed E-state index contributed by atoms with van der Waals surface area (Å²) in [5.41, 5.74) is 7.53. The minimum absolute atomic E-state index is 0.0600. The molecular weight excluding hydrogens is 1530 g/mol. The fourth-order valence-corrected chi connectivity index (χ4v) is 17.6. The molecule has 0 radical (unpaired) electrons. The quantitative estimate of drug-likeness (QED) is 0.0895. The Balaban J connectivity index is 0.000000159. The molecule has 0 bridgehead atoms. The molecule has 2 aromatic heterocycles. The predicted molar refractivity (Wildman–Crippen MR) is 463 cm³/mol. The van der Waals surface area contributed by atoms with E-state index in [2.05, 4.69) is 57.7 Å². The second kappa shape index (κ2) is 29.8. The molecule has 0 N–H and O–H groups in total. The molecule has 0 saturated heterocycles. The molecule has 20 aromatic rings. The molecule has 16 heteroatoms. The number of hydrogen-bond donors (Lipinski definition) is 0. The van der Waals surface area contributed by atoms with Gasteiger partial charge in [0.25, 0.3) is 0 Å². The summed E-state index contributed by atoms with van der Waals surface area (Å²) in [6, 6.07) is 114. The van der Waals surface area contributed by atoms with Crippen molar-refractivity contribution in [1.29, 1.82) is 0 Å². The lowest BCUT2D eigenvalue weighted by molar-refractivity contribution is -0.137. The first-order valence-electron chi connectivity index (χ1n) is 38.7. The van der Waals surface area contributed by atoms with Crippen LogP contribution < -0.4 is 9.80 Å². The van der Waals surface area contributed by atoms with Gasteiger partial charge in [0.05, 0.1) is 50.0 Å². The first-order valence-corrected chi connectivity index (χ1v) is 38.7. The van der Waals surface area contributed by atoms with Gasteiger partial charge in [0.15, 0.2) is 0 Å². The zero-order chi connectivity index (χ0) is 82.3. The second-order valence-electron chi connectivity index (χ2n) is 29.3. The molecule has 0 unspecified atom stereocenters. The number of alkyl halides is 12. The molecule has 584 valence electrons. The van der Waals surface area contributed by atoms with Gasteiger partial charge < -0.3 is 18.9 Å². The van der Waals surface area contributed by atoms with Gasteiger partial charge in [0.1, 0.15) is 0 Å². The summed E-state index contributed by atoms with van der Waals surface area (Å²) in [5.74, 6) is 0. The molecule has 0 fully saturated rings. The lowest BCUT2D eigenvalue weighted by atomic mass is 9.82. The highest BCUT2D eigenvalue weighted by Crippen LogP contribution is 2.56. The van der Waals surface area contributed by atoms with E-state index in [1.54, 1.807) is 97.1 Å². The Labute approximate surface area is 679 Å². The number of benzene rings is 18. The standard InChI is InChI=1S/2C52H32F6N2/c53-51(54,55)43-24-10-6-21-40(43)48-38-19-4-5-20-39(38)49(41-22-7-11-25-44(41)52(56,57)58)50-42(48)23-14-28-47(50)59(33-15-2-1-3-16-33)34-29-31-35(32-30-34)60-45-26-12-8-17-36(45)37-18-9-13-27-46(37)60;53-51(54,55)45-22-10-6-20-42(45)49-39-18-4-5-19-40(39)50(43-21-7-11-23-46(43)52(56,57)58)44-32-36(30-31-41(44)49)59(33-14-2-1-3-15-33)34-26-28-35(29-27-34)60-47-24-12-8-16-37(47)38-17-9-13-25-48(38)60/h2*1-32H. The van der Waals surface area contributed by atoms with Crippen LogP contribution in [0, 0.1) is 0 Å². The van der Waals surface area contributed by atoms with E-state index < -0.39 is 47.0 Å². The third-order valence-corrected chi connectivity index (χ3v) is 22.5. The van der Waals surface area contributed by atoms with Crippen molar-refractivity contribution in [1.82, 2.24) is 9.13 Å². The molecule has 0 atom stereocenters. The van der Waals surface area contributed by atoms with Gasteiger partial charge in [-0.15, -0.1) is 0 Å². The molecular formula is C104H64F12N4. The van der Waals surface area contributed by atoms with Crippen LogP contribution in [0.5, 0.6) is 0 Å². The maximum absolute atomic E-state index is 15.1. The van der Waals surface area contributed by atoms with Crippen molar-refractivity contribution in [2.24, 2.45) is 0 Å². The van der Waals surface area contributed by atoms with E-state index in [0.717, 1.165) is 90.6 Å². The Morgan fingerprint density at radius 2 is 0.442 bits per heavy atom. The van der Waals surface area contributed by atoms with Gasteiger partial charge >= 0.3 is 24.7 Å². The Bertz CT molecular complexity index is 7160. The fourth-order valence-electron chi connectivity index (χ4n) is 17.6. The van der Waals surface area contributed by atoms with Crippen LogP contribution in [0.3, 0.4) is 0 Å². The Morgan fingerprint density at radius 1 is 0.183 bits per heavy atom.